The van der Waals surface area contributed by atoms with Crippen molar-refractivity contribution in [3.8, 4) is 0 Å². The Hall–Kier alpha value is -1.66. The Morgan fingerprint density at radius 2 is 2.20 bits per heavy atom. The minimum absolute atomic E-state index is 0.00203. The van der Waals surface area contributed by atoms with Gasteiger partial charge in [0, 0.05) is 12.6 Å². The van der Waals surface area contributed by atoms with Gasteiger partial charge in [-0.1, -0.05) is 31.0 Å². The molecule has 0 bridgehead atoms. The number of hydrogen-bond donors (Lipinski definition) is 2. The van der Waals surface area contributed by atoms with Crippen molar-refractivity contribution < 1.29 is 14.8 Å². The van der Waals surface area contributed by atoms with E-state index in [1.54, 1.807) is 6.92 Å². The van der Waals surface area contributed by atoms with E-state index in [2.05, 4.69) is 5.32 Å². The quantitative estimate of drug-likeness (QED) is 0.623. The SMILES string of the molecule is CCCC(C)(O)CNC(=O)c1c(Cl)cccc1[N+](=O)[O-]. The maximum atomic E-state index is 12.0. The van der Waals surface area contributed by atoms with Gasteiger partial charge in [0.25, 0.3) is 11.6 Å². The van der Waals surface area contributed by atoms with Crippen LogP contribution in [0.4, 0.5) is 5.69 Å². The molecule has 2 N–H and O–H groups in total. The molecule has 1 aromatic rings. The lowest BCUT2D eigenvalue weighted by Crippen LogP contribution is -2.40. The van der Waals surface area contributed by atoms with Crippen LogP contribution in [0.15, 0.2) is 18.2 Å². The highest BCUT2D eigenvalue weighted by molar-refractivity contribution is 6.34. The van der Waals surface area contributed by atoms with Crippen LogP contribution < -0.4 is 5.32 Å². The molecule has 110 valence electrons. The summed E-state index contributed by atoms with van der Waals surface area (Å²) in [6.07, 6.45) is 1.27. The van der Waals surface area contributed by atoms with Crippen LogP contribution in [0.25, 0.3) is 0 Å². The van der Waals surface area contributed by atoms with E-state index >= 15 is 0 Å². The van der Waals surface area contributed by atoms with Crippen LogP contribution in [0, 0.1) is 10.1 Å². The third kappa shape index (κ3) is 4.18. The zero-order chi connectivity index (χ0) is 15.3. The highest BCUT2D eigenvalue weighted by Crippen LogP contribution is 2.26. The molecule has 1 unspecified atom stereocenters. The molecule has 20 heavy (non-hydrogen) atoms. The Kier molecular flexibility index (Phi) is 5.47. The van der Waals surface area contributed by atoms with E-state index in [-0.39, 0.29) is 22.8 Å². The number of nitro benzene ring substituents is 1. The molecule has 0 aliphatic rings. The molecule has 0 spiro atoms. The summed E-state index contributed by atoms with van der Waals surface area (Å²) in [7, 11) is 0. The number of halogens is 1. The maximum absolute atomic E-state index is 12.0. The van der Waals surface area contributed by atoms with Gasteiger partial charge in [-0.2, -0.15) is 0 Å². The predicted octanol–water partition coefficient (Wildman–Crippen LogP) is 2.53. The van der Waals surface area contributed by atoms with Gasteiger partial charge in [-0.05, 0) is 19.4 Å². The number of carbonyl (C=O) groups is 1. The maximum Gasteiger partial charge on any atom is 0.283 e. The van der Waals surface area contributed by atoms with Crippen molar-refractivity contribution >= 4 is 23.2 Å². The molecule has 0 aliphatic heterocycles. The van der Waals surface area contributed by atoms with Crippen LogP contribution in [0.3, 0.4) is 0 Å². The monoisotopic (exact) mass is 300 g/mol. The van der Waals surface area contributed by atoms with E-state index in [9.17, 15) is 20.0 Å². The summed E-state index contributed by atoms with van der Waals surface area (Å²) in [5.41, 5.74) is -1.60. The third-order valence-electron chi connectivity index (χ3n) is 2.83. The first-order valence-corrected chi connectivity index (χ1v) is 6.60. The van der Waals surface area contributed by atoms with Crippen LogP contribution >= 0.6 is 11.6 Å². The zero-order valence-corrected chi connectivity index (χ0v) is 12.1. The Morgan fingerprint density at radius 3 is 2.75 bits per heavy atom. The van der Waals surface area contributed by atoms with Crippen molar-refractivity contribution in [1.29, 1.82) is 0 Å². The number of nitro groups is 1. The molecule has 0 saturated heterocycles. The van der Waals surface area contributed by atoms with Crippen LogP contribution in [0.1, 0.15) is 37.0 Å². The first-order valence-electron chi connectivity index (χ1n) is 6.22. The second-order valence-electron chi connectivity index (χ2n) is 4.82. The molecule has 6 nitrogen and oxygen atoms in total. The third-order valence-corrected chi connectivity index (χ3v) is 3.15. The van der Waals surface area contributed by atoms with Gasteiger partial charge in [0.05, 0.1) is 15.5 Å². The fraction of sp³-hybridized carbons (Fsp3) is 0.462. The van der Waals surface area contributed by atoms with Crippen molar-refractivity contribution in [1.82, 2.24) is 5.32 Å². The smallest absolute Gasteiger partial charge is 0.283 e. The molecule has 1 rings (SSSR count). The van der Waals surface area contributed by atoms with Crippen LogP contribution in [-0.4, -0.2) is 28.1 Å². The second-order valence-corrected chi connectivity index (χ2v) is 5.23. The lowest BCUT2D eigenvalue weighted by molar-refractivity contribution is -0.385. The molecular formula is C13H17ClN2O4. The predicted molar refractivity (Wildman–Crippen MR) is 76.0 cm³/mol. The normalized spacial score (nSPS) is 13.6. The number of benzene rings is 1. The lowest BCUT2D eigenvalue weighted by atomic mass is 10.0. The van der Waals surface area contributed by atoms with E-state index in [0.29, 0.717) is 6.42 Å². The first-order chi connectivity index (χ1) is 9.28. The van der Waals surface area contributed by atoms with Crippen molar-refractivity contribution in [3.05, 3.63) is 38.9 Å². The van der Waals surface area contributed by atoms with E-state index in [1.807, 2.05) is 6.92 Å². The molecule has 0 heterocycles. The van der Waals surface area contributed by atoms with Crippen LogP contribution in [0.2, 0.25) is 5.02 Å². The van der Waals surface area contributed by atoms with Gasteiger partial charge in [0.1, 0.15) is 5.56 Å². The first kappa shape index (κ1) is 16.4. The molecule has 1 aromatic carbocycles. The Labute approximate surface area is 121 Å². The fourth-order valence-corrected chi connectivity index (χ4v) is 2.13. The van der Waals surface area contributed by atoms with Gasteiger partial charge in [-0.3, -0.25) is 14.9 Å². The zero-order valence-electron chi connectivity index (χ0n) is 11.4. The highest BCUT2D eigenvalue weighted by Gasteiger charge is 2.26. The van der Waals surface area contributed by atoms with Crippen LogP contribution in [0.5, 0.6) is 0 Å². The summed E-state index contributed by atoms with van der Waals surface area (Å²) in [6, 6.07) is 4.03. The van der Waals surface area contributed by atoms with Crippen molar-refractivity contribution in [2.45, 2.75) is 32.3 Å². The average Bonchev–Trinajstić information content (AvgIpc) is 2.35. The summed E-state index contributed by atoms with van der Waals surface area (Å²) in [4.78, 5) is 22.3. The topological polar surface area (TPSA) is 92.5 Å². The van der Waals surface area contributed by atoms with Crippen molar-refractivity contribution in [2.24, 2.45) is 0 Å². The van der Waals surface area contributed by atoms with E-state index < -0.39 is 16.4 Å². The summed E-state index contributed by atoms with van der Waals surface area (Å²) >= 11 is 5.85. The highest BCUT2D eigenvalue weighted by atomic mass is 35.5. The number of aliphatic hydroxyl groups is 1. The van der Waals surface area contributed by atoms with Gasteiger partial charge in [-0.25, -0.2) is 0 Å². The Morgan fingerprint density at radius 1 is 1.55 bits per heavy atom. The van der Waals surface area contributed by atoms with Crippen LogP contribution in [-0.2, 0) is 0 Å². The molecule has 1 amide bonds. The van der Waals surface area contributed by atoms with Gasteiger partial charge in [-0.15, -0.1) is 0 Å². The van der Waals surface area contributed by atoms with E-state index in [0.717, 1.165) is 6.42 Å². The Bertz CT molecular complexity index is 517. The average molecular weight is 301 g/mol. The molecule has 0 radical (unpaired) electrons. The molecule has 0 fully saturated rings. The van der Waals surface area contributed by atoms with Gasteiger partial charge >= 0.3 is 0 Å². The lowest BCUT2D eigenvalue weighted by Gasteiger charge is -2.22. The van der Waals surface area contributed by atoms with E-state index in [4.69, 9.17) is 11.6 Å². The summed E-state index contributed by atoms with van der Waals surface area (Å²) in [5.74, 6) is -0.668. The second kappa shape index (κ2) is 6.67. The largest absolute Gasteiger partial charge is 0.388 e. The fourth-order valence-electron chi connectivity index (χ4n) is 1.88. The summed E-state index contributed by atoms with van der Waals surface area (Å²) in [6.45, 7) is 3.51. The molecule has 0 aromatic heterocycles. The number of amides is 1. The number of nitrogens with zero attached hydrogens (tertiary/aromatic N) is 1. The molecule has 1 atom stereocenters. The molecule has 7 heteroatoms. The van der Waals surface area contributed by atoms with Gasteiger partial charge in [0.2, 0.25) is 0 Å². The van der Waals surface area contributed by atoms with Crippen molar-refractivity contribution in [2.75, 3.05) is 6.54 Å². The van der Waals surface area contributed by atoms with Gasteiger partial charge < -0.3 is 10.4 Å². The number of rotatable bonds is 6. The van der Waals surface area contributed by atoms with Crippen molar-refractivity contribution in [3.63, 3.8) is 0 Å². The standard InChI is InChI=1S/C13H17ClN2O4/c1-3-7-13(2,18)8-15-12(17)11-9(14)5-4-6-10(11)16(19)20/h4-6,18H,3,7-8H2,1-2H3,(H,15,17). The molecule has 0 aliphatic carbocycles. The number of nitrogens with one attached hydrogen (secondary N) is 1. The van der Waals surface area contributed by atoms with E-state index in [1.165, 1.54) is 18.2 Å². The summed E-state index contributed by atoms with van der Waals surface area (Å²) < 4.78 is 0. The Balaban J connectivity index is 2.91. The molecular weight excluding hydrogens is 284 g/mol. The summed E-state index contributed by atoms with van der Waals surface area (Å²) in [5, 5.41) is 23.4. The molecule has 0 saturated carbocycles. The number of hydrogen-bond acceptors (Lipinski definition) is 4. The van der Waals surface area contributed by atoms with Gasteiger partial charge in [0.15, 0.2) is 0 Å². The number of carbonyl (C=O) groups excluding carboxylic acids is 1. The minimum Gasteiger partial charge on any atom is -0.388 e. The minimum atomic E-state index is -1.06.